The van der Waals surface area contributed by atoms with Crippen LogP contribution in [0.5, 0.6) is 5.75 Å². The number of carbonyl (C=O) groups excluding carboxylic acids is 1. The van der Waals surface area contributed by atoms with Crippen LogP contribution in [0.2, 0.25) is 0 Å². The third-order valence-electron chi connectivity index (χ3n) is 3.00. The molecule has 0 radical (unpaired) electrons. The SMILES string of the molecule is CCOC(=O)/C(=N\Nc1ccc(OC)cc1[N+](=O)[O-])P(=O)(OCC)OCC. The summed E-state index contributed by atoms with van der Waals surface area (Å²) < 4.78 is 32.9. The molecule has 0 atom stereocenters. The second kappa shape index (κ2) is 10.6. The van der Waals surface area contributed by atoms with Crippen molar-refractivity contribution in [2.45, 2.75) is 20.8 Å². The van der Waals surface area contributed by atoms with Gasteiger partial charge in [0, 0.05) is 0 Å². The molecule has 150 valence electrons. The minimum absolute atomic E-state index is 0.00120. The van der Waals surface area contributed by atoms with Gasteiger partial charge in [-0.05, 0) is 32.9 Å². The Kier molecular flexibility index (Phi) is 8.86. The van der Waals surface area contributed by atoms with Crippen molar-refractivity contribution in [3.05, 3.63) is 28.3 Å². The molecule has 0 saturated heterocycles. The first-order valence-corrected chi connectivity index (χ1v) is 9.60. The minimum atomic E-state index is -4.09. The maximum Gasteiger partial charge on any atom is 0.388 e. The van der Waals surface area contributed by atoms with Gasteiger partial charge in [-0.15, -0.1) is 0 Å². The summed E-state index contributed by atoms with van der Waals surface area (Å²) in [6.45, 7) is 4.66. The second-order valence-corrected chi connectivity index (χ2v) is 6.68. The molecular formula is C15H22N3O8P. The molecule has 0 unspecified atom stereocenters. The van der Waals surface area contributed by atoms with Gasteiger partial charge in [0.25, 0.3) is 11.1 Å². The van der Waals surface area contributed by atoms with Crippen LogP contribution in [0.25, 0.3) is 0 Å². The largest absolute Gasteiger partial charge is 0.496 e. The first-order valence-electron chi connectivity index (χ1n) is 8.05. The van der Waals surface area contributed by atoms with Crippen molar-refractivity contribution < 1.29 is 32.8 Å². The van der Waals surface area contributed by atoms with Crippen LogP contribution in [0.3, 0.4) is 0 Å². The number of methoxy groups -OCH3 is 1. The second-order valence-electron chi connectivity index (χ2n) is 4.74. The molecule has 0 bridgehead atoms. The van der Waals surface area contributed by atoms with Crippen LogP contribution in [0.1, 0.15) is 20.8 Å². The number of hydrazone groups is 1. The van der Waals surface area contributed by atoms with Gasteiger partial charge in [-0.2, -0.15) is 5.10 Å². The molecule has 11 nitrogen and oxygen atoms in total. The minimum Gasteiger partial charge on any atom is -0.496 e. The van der Waals surface area contributed by atoms with Crippen molar-refractivity contribution in [3.63, 3.8) is 0 Å². The Hall–Kier alpha value is -2.49. The molecular weight excluding hydrogens is 381 g/mol. The van der Waals surface area contributed by atoms with Crippen LogP contribution in [0, 0.1) is 10.1 Å². The van der Waals surface area contributed by atoms with E-state index in [9.17, 15) is 19.5 Å². The maximum absolute atomic E-state index is 12.9. The summed E-state index contributed by atoms with van der Waals surface area (Å²) >= 11 is 0. The number of anilines is 1. The molecule has 0 spiro atoms. The highest BCUT2D eigenvalue weighted by Crippen LogP contribution is 2.50. The van der Waals surface area contributed by atoms with E-state index in [1.54, 1.807) is 20.8 Å². The van der Waals surface area contributed by atoms with E-state index in [1.165, 1.54) is 25.3 Å². The highest BCUT2D eigenvalue weighted by Gasteiger charge is 2.39. The quantitative estimate of drug-likeness (QED) is 0.194. The molecule has 0 aliphatic carbocycles. The van der Waals surface area contributed by atoms with Gasteiger partial charge in [0.1, 0.15) is 11.4 Å². The summed E-state index contributed by atoms with van der Waals surface area (Å²) in [5.41, 5.74) is 1.31. The predicted molar refractivity (Wildman–Crippen MR) is 98.2 cm³/mol. The van der Waals surface area contributed by atoms with E-state index in [1.807, 2.05) is 0 Å². The van der Waals surface area contributed by atoms with Gasteiger partial charge in [-0.25, -0.2) is 4.79 Å². The van der Waals surface area contributed by atoms with E-state index in [2.05, 4.69) is 10.5 Å². The van der Waals surface area contributed by atoms with Crippen molar-refractivity contribution in [1.82, 2.24) is 0 Å². The molecule has 27 heavy (non-hydrogen) atoms. The lowest BCUT2D eigenvalue weighted by Gasteiger charge is -2.17. The number of esters is 1. The number of hydrogen-bond donors (Lipinski definition) is 1. The Morgan fingerprint density at radius 1 is 1.22 bits per heavy atom. The fourth-order valence-corrected chi connectivity index (χ4v) is 3.37. The Morgan fingerprint density at radius 3 is 2.33 bits per heavy atom. The van der Waals surface area contributed by atoms with E-state index in [-0.39, 0.29) is 36.9 Å². The Labute approximate surface area is 156 Å². The van der Waals surface area contributed by atoms with Crippen molar-refractivity contribution in [2.75, 3.05) is 32.4 Å². The summed E-state index contributed by atoms with van der Waals surface area (Å²) in [4.78, 5) is 22.8. The van der Waals surface area contributed by atoms with Crippen molar-refractivity contribution in [2.24, 2.45) is 5.10 Å². The fraction of sp³-hybridized carbons (Fsp3) is 0.467. The highest BCUT2D eigenvalue weighted by molar-refractivity contribution is 7.75. The van der Waals surface area contributed by atoms with Crippen LogP contribution in [-0.2, 0) is 23.1 Å². The third-order valence-corrected chi connectivity index (χ3v) is 5.00. The molecule has 1 aromatic carbocycles. The zero-order chi connectivity index (χ0) is 20.4. The van der Waals surface area contributed by atoms with Gasteiger partial charge >= 0.3 is 13.6 Å². The first-order chi connectivity index (χ1) is 12.8. The molecule has 0 aliphatic rings. The zero-order valence-electron chi connectivity index (χ0n) is 15.5. The molecule has 1 N–H and O–H groups in total. The number of nitrogens with one attached hydrogen (secondary N) is 1. The summed E-state index contributed by atoms with van der Waals surface area (Å²) in [6.07, 6.45) is 0. The monoisotopic (exact) mass is 403 g/mol. The number of nitro groups is 1. The standard InChI is InChI=1S/C15H22N3O8P/c1-5-24-15(19)14(27(22,25-6-2)26-7-3)17-16-12-9-8-11(23-4)10-13(12)18(20)21/h8-10,16H,5-7H2,1-4H3/b17-14+. The molecule has 1 rings (SSSR count). The molecule has 0 heterocycles. The first kappa shape index (κ1) is 22.6. The van der Waals surface area contributed by atoms with Crippen LogP contribution >= 0.6 is 7.60 Å². The molecule has 0 saturated carbocycles. The van der Waals surface area contributed by atoms with Gasteiger partial charge in [0.05, 0.1) is 37.9 Å². The van der Waals surface area contributed by atoms with Gasteiger partial charge in [0.2, 0.25) is 0 Å². The van der Waals surface area contributed by atoms with Crippen LogP contribution in [-0.4, -0.2) is 43.3 Å². The number of benzene rings is 1. The zero-order valence-corrected chi connectivity index (χ0v) is 16.4. The van der Waals surface area contributed by atoms with Crippen LogP contribution in [0.4, 0.5) is 11.4 Å². The lowest BCUT2D eigenvalue weighted by molar-refractivity contribution is -0.384. The molecule has 0 aromatic heterocycles. The average molecular weight is 403 g/mol. The summed E-state index contributed by atoms with van der Waals surface area (Å²) in [7, 11) is -2.72. The van der Waals surface area contributed by atoms with E-state index in [0.29, 0.717) is 0 Å². The topological polar surface area (TPSA) is 139 Å². The average Bonchev–Trinajstić information content (AvgIpc) is 2.62. The lowest BCUT2D eigenvalue weighted by atomic mass is 10.2. The van der Waals surface area contributed by atoms with Gasteiger partial charge in [-0.1, -0.05) is 0 Å². The normalized spacial score (nSPS) is 11.8. The molecule has 0 aliphatic heterocycles. The fourth-order valence-electron chi connectivity index (χ4n) is 1.91. The van der Waals surface area contributed by atoms with Gasteiger partial charge < -0.3 is 18.5 Å². The summed E-state index contributed by atoms with van der Waals surface area (Å²) in [5.74, 6) is -0.762. The number of nitro benzene ring substituents is 1. The third kappa shape index (κ3) is 6.02. The van der Waals surface area contributed by atoms with Crippen molar-refractivity contribution >= 4 is 30.4 Å². The van der Waals surface area contributed by atoms with Gasteiger partial charge in [0.15, 0.2) is 0 Å². The van der Waals surface area contributed by atoms with E-state index >= 15 is 0 Å². The van der Waals surface area contributed by atoms with Gasteiger partial charge in [-0.3, -0.25) is 20.1 Å². The molecule has 12 heteroatoms. The predicted octanol–water partition coefficient (Wildman–Crippen LogP) is 3.16. The Morgan fingerprint density at radius 2 is 1.85 bits per heavy atom. The van der Waals surface area contributed by atoms with Crippen LogP contribution < -0.4 is 10.2 Å². The van der Waals surface area contributed by atoms with E-state index in [4.69, 9.17) is 18.5 Å². The molecule has 0 amide bonds. The number of carbonyl (C=O) groups is 1. The molecule has 0 fully saturated rings. The summed E-state index contributed by atoms with van der Waals surface area (Å²) in [5, 5.41) is 15.0. The number of ether oxygens (including phenoxy) is 2. The van der Waals surface area contributed by atoms with E-state index in [0.717, 1.165) is 0 Å². The van der Waals surface area contributed by atoms with Crippen molar-refractivity contribution in [1.29, 1.82) is 0 Å². The Bertz CT molecular complexity index is 743. The number of rotatable bonds is 11. The highest BCUT2D eigenvalue weighted by atomic mass is 31.2. The molecule has 1 aromatic rings. The van der Waals surface area contributed by atoms with E-state index < -0.39 is 23.9 Å². The smallest absolute Gasteiger partial charge is 0.388 e. The Balaban J connectivity index is 3.35. The number of hydrogen-bond acceptors (Lipinski definition) is 10. The van der Waals surface area contributed by atoms with Crippen molar-refractivity contribution in [3.8, 4) is 5.75 Å². The lowest BCUT2D eigenvalue weighted by Crippen LogP contribution is -2.22. The van der Waals surface area contributed by atoms with Crippen LogP contribution in [0.15, 0.2) is 23.3 Å². The maximum atomic E-state index is 12.9. The summed E-state index contributed by atoms with van der Waals surface area (Å²) in [6, 6.07) is 3.96. The number of nitrogens with zero attached hydrogens (tertiary/aromatic N) is 2.